The SMILES string of the molecule is CC(C)C(=O)COCCCNC(=O)CC(C)(C)C. The first-order chi connectivity index (χ1) is 8.22. The minimum absolute atomic E-state index is 0.0181. The van der Waals surface area contributed by atoms with Gasteiger partial charge in [0, 0.05) is 25.5 Å². The number of Topliss-reactive ketones (excluding diaryl/α,β-unsaturated/α-hetero) is 1. The van der Waals surface area contributed by atoms with Gasteiger partial charge in [0.05, 0.1) is 0 Å². The van der Waals surface area contributed by atoms with Crippen LogP contribution >= 0.6 is 0 Å². The zero-order valence-electron chi connectivity index (χ0n) is 12.3. The molecule has 0 radical (unpaired) electrons. The number of carbonyl (C=O) groups excluding carboxylic acids is 2. The number of hydrogen-bond donors (Lipinski definition) is 1. The maximum atomic E-state index is 11.5. The van der Waals surface area contributed by atoms with Gasteiger partial charge >= 0.3 is 0 Å². The van der Waals surface area contributed by atoms with E-state index >= 15 is 0 Å². The van der Waals surface area contributed by atoms with Crippen LogP contribution < -0.4 is 5.32 Å². The van der Waals surface area contributed by atoms with Gasteiger partial charge in [0.1, 0.15) is 6.61 Å². The lowest BCUT2D eigenvalue weighted by atomic mass is 9.92. The largest absolute Gasteiger partial charge is 0.374 e. The zero-order valence-corrected chi connectivity index (χ0v) is 12.3. The van der Waals surface area contributed by atoms with Gasteiger partial charge in [-0.15, -0.1) is 0 Å². The van der Waals surface area contributed by atoms with E-state index < -0.39 is 0 Å². The van der Waals surface area contributed by atoms with Gasteiger partial charge in [-0.1, -0.05) is 34.6 Å². The van der Waals surface area contributed by atoms with Crippen molar-refractivity contribution in [2.24, 2.45) is 11.3 Å². The second kappa shape index (κ2) is 8.25. The van der Waals surface area contributed by atoms with Crippen LogP contribution in [0.25, 0.3) is 0 Å². The molecule has 1 N–H and O–H groups in total. The van der Waals surface area contributed by atoms with Gasteiger partial charge in [-0.2, -0.15) is 0 Å². The Hall–Kier alpha value is -0.900. The molecule has 1 amide bonds. The van der Waals surface area contributed by atoms with E-state index in [0.717, 1.165) is 6.42 Å². The van der Waals surface area contributed by atoms with Gasteiger partial charge in [0.15, 0.2) is 5.78 Å². The topological polar surface area (TPSA) is 55.4 Å². The molecule has 0 rings (SSSR count). The number of hydrogen-bond acceptors (Lipinski definition) is 3. The minimum Gasteiger partial charge on any atom is -0.374 e. The van der Waals surface area contributed by atoms with Crippen LogP contribution in [0.5, 0.6) is 0 Å². The van der Waals surface area contributed by atoms with E-state index in [1.165, 1.54) is 0 Å². The Morgan fingerprint density at radius 1 is 1.22 bits per heavy atom. The highest BCUT2D eigenvalue weighted by molar-refractivity contribution is 5.81. The molecule has 0 aliphatic rings. The molecule has 0 saturated carbocycles. The van der Waals surface area contributed by atoms with Gasteiger partial charge < -0.3 is 10.1 Å². The third kappa shape index (κ3) is 10.3. The van der Waals surface area contributed by atoms with Crippen molar-refractivity contribution < 1.29 is 14.3 Å². The molecule has 0 spiro atoms. The first-order valence-corrected chi connectivity index (χ1v) is 6.59. The van der Waals surface area contributed by atoms with Crippen molar-refractivity contribution in [1.82, 2.24) is 5.32 Å². The van der Waals surface area contributed by atoms with Gasteiger partial charge in [0.25, 0.3) is 0 Å². The molecule has 0 saturated heterocycles. The summed E-state index contributed by atoms with van der Waals surface area (Å²) in [4.78, 5) is 22.7. The Labute approximate surface area is 110 Å². The molecule has 0 aliphatic heterocycles. The summed E-state index contributed by atoms with van der Waals surface area (Å²) in [6, 6.07) is 0. The second-order valence-electron chi connectivity index (χ2n) is 6.11. The van der Waals surface area contributed by atoms with E-state index in [-0.39, 0.29) is 29.6 Å². The summed E-state index contributed by atoms with van der Waals surface area (Å²) in [7, 11) is 0. The molecule has 0 atom stereocenters. The van der Waals surface area contributed by atoms with Crippen LogP contribution in [0.2, 0.25) is 0 Å². The van der Waals surface area contributed by atoms with Crippen LogP contribution in [0.3, 0.4) is 0 Å². The van der Waals surface area contributed by atoms with E-state index in [2.05, 4.69) is 5.32 Å². The summed E-state index contributed by atoms with van der Waals surface area (Å²) < 4.78 is 5.24. The van der Waals surface area contributed by atoms with E-state index in [9.17, 15) is 9.59 Å². The summed E-state index contributed by atoms with van der Waals surface area (Å²) in [6.07, 6.45) is 1.26. The number of amides is 1. The van der Waals surface area contributed by atoms with E-state index in [0.29, 0.717) is 19.6 Å². The maximum absolute atomic E-state index is 11.5. The third-order valence-electron chi connectivity index (χ3n) is 2.37. The van der Waals surface area contributed by atoms with Gasteiger partial charge in [-0.05, 0) is 11.8 Å². The van der Waals surface area contributed by atoms with Crippen LogP contribution in [0, 0.1) is 11.3 Å². The molecule has 18 heavy (non-hydrogen) atoms. The third-order valence-corrected chi connectivity index (χ3v) is 2.37. The Balaban J connectivity index is 3.46. The molecule has 106 valence electrons. The van der Waals surface area contributed by atoms with Crippen molar-refractivity contribution in [1.29, 1.82) is 0 Å². The van der Waals surface area contributed by atoms with Gasteiger partial charge in [-0.3, -0.25) is 9.59 Å². The number of carbonyl (C=O) groups is 2. The molecule has 0 aliphatic carbocycles. The summed E-state index contributed by atoms with van der Waals surface area (Å²) in [5, 5.41) is 2.85. The Kier molecular flexibility index (Phi) is 7.83. The number of rotatable bonds is 8. The summed E-state index contributed by atoms with van der Waals surface area (Å²) >= 11 is 0. The van der Waals surface area contributed by atoms with Gasteiger partial charge in [0.2, 0.25) is 5.91 Å². The van der Waals surface area contributed by atoms with Gasteiger partial charge in [-0.25, -0.2) is 0 Å². The van der Waals surface area contributed by atoms with Crippen molar-refractivity contribution in [3.63, 3.8) is 0 Å². The van der Waals surface area contributed by atoms with Crippen LogP contribution in [0.1, 0.15) is 47.5 Å². The Morgan fingerprint density at radius 3 is 2.33 bits per heavy atom. The normalized spacial score (nSPS) is 11.7. The van der Waals surface area contributed by atoms with Crippen LogP contribution in [-0.4, -0.2) is 31.4 Å². The lowest BCUT2D eigenvalue weighted by Gasteiger charge is -2.17. The lowest BCUT2D eigenvalue weighted by molar-refractivity contribution is -0.127. The molecule has 0 aromatic rings. The summed E-state index contributed by atoms with van der Waals surface area (Å²) in [5.74, 6) is 0.212. The lowest BCUT2D eigenvalue weighted by Crippen LogP contribution is -2.29. The standard InChI is InChI=1S/C14H27NO3/c1-11(2)12(16)10-18-8-6-7-15-13(17)9-14(3,4)5/h11H,6-10H2,1-5H3,(H,15,17). The summed E-state index contributed by atoms with van der Waals surface area (Å²) in [6.45, 7) is 11.1. The molecule has 4 nitrogen and oxygen atoms in total. The molecule has 4 heteroatoms. The molecular formula is C14H27NO3. The highest BCUT2D eigenvalue weighted by Crippen LogP contribution is 2.17. The second-order valence-corrected chi connectivity index (χ2v) is 6.11. The Bertz CT molecular complexity index is 267. The predicted octanol–water partition coefficient (Wildman–Crippen LogP) is 2.17. The number of ether oxygens (including phenoxy) is 1. The van der Waals surface area contributed by atoms with Crippen LogP contribution in [0.15, 0.2) is 0 Å². The van der Waals surface area contributed by atoms with Crippen molar-refractivity contribution in [2.75, 3.05) is 19.8 Å². The fraction of sp³-hybridized carbons (Fsp3) is 0.857. The van der Waals surface area contributed by atoms with Crippen LogP contribution in [-0.2, 0) is 14.3 Å². The van der Waals surface area contributed by atoms with Crippen molar-refractivity contribution in [3.8, 4) is 0 Å². The highest BCUT2D eigenvalue weighted by Gasteiger charge is 2.15. The fourth-order valence-electron chi connectivity index (χ4n) is 1.29. The molecule has 0 aromatic carbocycles. The fourth-order valence-corrected chi connectivity index (χ4v) is 1.29. The van der Waals surface area contributed by atoms with Crippen molar-refractivity contribution >= 4 is 11.7 Å². The first-order valence-electron chi connectivity index (χ1n) is 6.59. The highest BCUT2D eigenvalue weighted by atomic mass is 16.5. The van der Waals surface area contributed by atoms with E-state index in [1.54, 1.807) is 0 Å². The Morgan fingerprint density at radius 2 is 1.83 bits per heavy atom. The monoisotopic (exact) mass is 257 g/mol. The van der Waals surface area contributed by atoms with E-state index in [1.807, 2.05) is 34.6 Å². The van der Waals surface area contributed by atoms with Crippen molar-refractivity contribution in [2.45, 2.75) is 47.5 Å². The molecule has 0 heterocycles. The molecule has 0 bridgehead atoms. The minimum atomic E-state index is 0.0181. The average molecular weight is 257 g/mol. The first kappa shape index (κ1) is 17.1. The van der Waals surface area contributed by atoms with E-state index in [4.69, 9.17) is 4.74 Å². The molecular weight excluding hydrogens is 230 g/mol. The smallest absolute Gasteiger partial charge is 0.220 e. The quantitative estimate of drug-likeness (QED) is 0.678. The summed E-state index contributed by atoms with van der Waals surface area (Å²) in [5.41, 5.74) is 0.0181. The molecule has 0 aromatic heterocycles. The average Bonchev–Trinajstić information content (AvgIpc) is 2.19. The number of nitrogens with one attached hydrogen (secondary N) is 1. The van der Waals surface area contributed by atoms with Crippen molar-refractivity contribution in [3.05, 3.63) is 0 Å². The molecule has 0 unspecified atom stereocenters. The maximum Gasteiger partial charge on any atom is 0.220 e. The predicted molar refractivity (Wildman–Crippen MR) is 72.4 cm³/mol. The van der Waals surface area contributed by atoms with Crippen LogP contribution in [0.4, 0.5) is 0 Å². The molecule has 0 fully saturated rings. The zero-order chi connectivity index (χ0) is 14.2. The number of ketones is 1.